The monoisotopic (exact) mass is 176 g/mol. The molecule has 1 saturated carbocycles. The lowest BCUT2D eigenvalue weighted by molar-refractivity contribution is 0.388. The molecule has 3 N–H and O–H groups in total. The first kappa shape index (κ1) is 9.30. The van der Waals surface area contributed by atoms with Crippen LogP contribution in [0.1, 0.15) is 25.7 Å². The Kier molecular flexibility index (Phi) is 2.79. The minimum absolute atomic E-state index is 0. The molecule has 11 heavy (non-hydrogen) atoms. The van der Waals surface area contributed by atoms with E-state index in [-0.39, 0.29) is 12.4 Å². The molecule has 0 radical (unpaired) electrons. The Morgan fingerprint density at radius 2 is 2.00 bits per heavy atom. The van der Waals surface area contributed by atoms with Gasteiger partial charge in [0, 0.05) is 12.6 Å². The van der Waals surface area contributed by atoms with Gasteiger partial charge in [-0.3, -0.25) is 0 Å². The fraction of sp³-hybridized carbons (Fsp3) is 1.00. The van der Waals surface area contributed by atoms with Crippen molar-refractivity contribution in [2.75, 3.05) is 13.1 Å². The van der Waals surface area contributed by atoms with Gasteiger partial charge in [0.25, 0.3) is 0 Å². The highest BCUT2D eigenvalue weighted by Crippen LogP contribution is 2.52. The van der Waals surface area contributed by atoms with Crippen LogP contribution in [0.4, 0.5) is 0 Å². The van der Waals surface area contributed by atoms with Crippen molar-refractivity contribution in [1.29, 1.82) is 0 Å². The quantitative estimate of drug-likeness (QED) is 0.576. The van der Waals surface area contributed by atoms with Gasteiger partial charge in [-0.1, -0.05) is 0 Å². The van der Waals surface area contributed by atoms with Crippen molar-refractivity contribution < 1.29 is 0 Å². The third-order valence-corrected chi connectivity index (χ3v) is 3.07. The number of hydrogen-bond acceptors (Lipinski definition) is 2. The fourth-order valence-corrected chi connectivity index (χ4v) is 2.01. The average Bonchev–Trinajstić information content (AvgIpc) is 2.69. The number of nitrogens with two attached hydrogens (primary N) is 1. The van der Waals surface area contributed by atoms with Crippen LogP contribution in [0.25, 0.3) is 0 Å². The van der Waals surface area contributed by atoms with Gasteiger partial charge < -0.3 is 11.1 Å². The molecule has 0 amide bonds. The fourth-order valence-electron chi connectivity index (χ4n) is 2.01. The zero-order valence-electron chi connectivity index (χ0n) is 6.81. The number of rotatable bonds is 0. The molecule has 1 aliphatic heterocycles. The summed E-state index contributed by atoms with van der Waals surface area (Å²) < 4.78 is 0. The summed E-state index contributed by atoms with van der Waals surface area (Å²) in [4.78, 5) is 0. The summed E-state index contributed by atoms with van der Waals surface area (Å²) in [5.41, 5.74) is 6.60. The molecule has 1 unspecified atom stereocenters. The molecule has 0 aromatic rings. The lowest BCUT2D eigenvalue weighted by Crippen LogP contribution is -2.38. The van der Waals surface area contributed by atoms with E-state index in [4.69, 9.17) is 5.73 Å². The van der Waals surface area contributed by atoms with Crippen LogP contribution in [0.2, 0.25) is 0 Å². The number of halogens is 1. The van der Waals surface area contributed by atoms with Gasteiger partial charge in [-0.15, -0.1) is 12.4 Å². The Hall–Kier alpha value is 0.210. The van der Waals surface area contributed by atoms with Crippen LogP contribution >= 0.6 is 12.4 Å². The molecule has 2 rings (SSSR count). The molecular weight excluding hydrogens is 160 g/mol. The maximum absolute atomic E-state index is 6.01. The summed E-state index contributed by atoms with van der Waals surface area (Å²) in [5, 5.41) is 3.37. The molecular formula is C8H17ClN2. The van der Waals surface area contributed by atoms with E-state index in [0.717, 1.165) is 6.54 Å². The molecule has 2 fully saturated rings. The largest absolute Gasteiger partial charge is 0.326 e. The highest BCUT2D eigenvalue weighted by atomic mass is 35.5. The van der Waals surface area contributed by atoms with Crippen LogP contribution in [0.5, 0.6) is 0 Å². The van der Waals surface area contributed by atoms with E-state index in [0.29, 0.717) is 11.5 Å². The third-order valence-electron chi connectivity index (χ3n) is 3.07. The van der Waals surface area contributed by atoms with E-state index < -0.39 is 0 Å². The SMILES string of the molecule is Cl.NC1CNCCCC12CC2. The smallest absolute Gasteiger partial charge is 0.0222 e. The molecule has 0 aromatic heterocycles. The van der Waals surface area contributed by atoms with Crippen molar-refractivity contribution in [3.63, 3.8) is 0 Å². The first-order valence-electron chi connectivity index (χ1n) is 4.30. The molecule has 1 aliphatic carbocycles. The molecule has 1 heterocycles. The maximum atomic E-state index is 6.01. The van der Waals surface area contributed by atoms with Crippen molar-refractivity contribution in [1.82, 2.24) is 5.32 Å². The Labute approximate surface area is 74.3 Å². The van der Waals surface area contributed by atoms with Crippen molar-refractivity contribution in [3.8, 4) is 0 Å². The van der Waals surface area contributed by atoms with Crippen LogP contribution in [-0.2, 0) is 0 Å². The van der Waals surface area contributed by atoms with E-state index in [1.54, 1.807) is 0 Å². The molecule has 1 atom stereocenters. The van der Waals surface area contributed by atoms with E-state index in [9.17, 15) is 0 Å². The summed E-state index contributed by atoms with van der Waals surface area (Å²) in [6.07, 6.45) is 5.46. The summed E-state index contributed by atoms with van der Waals surface area (Å²) in [6.45, 7) is 2.22. The Morgan fingerprint density at radius 1 is 1.27 bits per heavy atom. The Morgan fingerprint density at radius 3 is 2.64 bits per heavy atom. The summed E-state index contributed by atoms with van der Waals surface area (Å²) in [7, 11) is 0. The predicted octanol–water partition coefficient (Wildman–Crippen LogP) is 0.899. The van der Waals surface area contributed by atoms with Gasteiger partial charge in [0.15, 0.2) is 0 Å². The van der Waals surface area contributed by atoms with Gasteiger partial charge in [-0.05, 0) is 37.6 Å². The summed E-state index contributed by atoms with van der Waals surface area (Å²) in [6, 6.07) is 0.440. The molecule has 0 aromatic carbocycles. The second kappa shape index (κ2) is 3.30. The van der Waals surface area contributed by atoms with Gasteiger partial charge in [0.1, 0.15) is 0 Å². The minimum atomic E-state index is 0. The third kappa shape index (κ3) is 1.68. The maximum Gasteiger partial charge on any atom is 0.0222 e. The van der Waals surface area contributed by atoms with Gasteiger partial charge in [-0.2, -0.15) is 0 Å². The van der Waals surface area contributed by atoms with E-state index in [1.165, 1.54) is 32.2 Å². The highest BCUT2D eigenvalue weighted by molar-refractivity contribution is 5.85. The van der Waals surface area contributed by atoms with Gasteiger partial charge in [0.05, 0.1) is 0 Å². The lowest BCUT2D eigenvalue weighted by atomic mass is 9.93. The summed E-state index contributed by atoms with van der Waals surface area (Å²) in [5.74, 6) is 0. The van der Waals surface area contributed by atoms with Crippen molar-refractivity contribution >= 4 is 12.4 Å². The van der Waals surface area contributed by atoms with Crippen molar-refractivity contribution in [3.05, 3.63) is 0 Å². The van der Waals surface area contributed by atoms with Crippen LogP contribution in [0.3, 0.4) is 0 Å². The molecule has 2 aliphatic rings. The second-order valence-electron chi connectivity index (χ2n) is 3.78. The highest BCUT2D eigenvalue weighted by Gasteiger charge is 2.47. The predicted molar refractivity (Wildman–Crippen MR) is 49.0 cm³/mol. The van der Waals surface area contributed by atoms with Gasteiger partial charge >= 0.3 is 0 Å². The first-order chi connectivity index (χ1) is 4.83. The van der Waals surface area contributed by atoms with E-state index >= 15 is 0 Å². The van der Waals surface area contributed by atoms with Crippen LogP contribution in [0, 0.1) is 5.41 Å². The normalized spacial score (nSPS) is 34.1. The molecule has 1 saturated heterocycles. The molecule has 3 heteroatoms. The second-order valence-corrected chi connectivity index (χ2v) is 3.78. The van der Waals surface area contributed by atoms with Crippen molar-refractivity contribution in [2.45, 2.75) is 31.7 Å². The zero-order chi connectivity index (χ0) is 7.03. The topological polar surface area (TPSA) is 38.0 Å². The Balaban J connectivity index is 0.000000605. The molecule has 2 nitrogen and oxygen atoms in total. The lowest BCUT2D eigenvalue weighted by Gasteiger charge is -2.18. The first-order valence-corrected chi connectivity index (χ1v) is 4.30. The Bertz CT molecular complexity index is 134. The van der Waals surface area contributed by atoms with E-state index in [1.807, 2.05) is 0 Å². The van der Waals surface area contributed by atoms with Gasteiger partial charge in [0.2, 0.25) is 0 Å². The van der Waals surface area contributed by atoms with Crippen LogP contribution < -0.4 is 11.1 Å². The molecule has 66 valence electrons. The number of hydrogen-bond donors (Lipinski definition) is 2. The van der Waals surface area contributed by atoms with E-state index in [2.05, 4.69) is 5.32 Å². The minimum Gasteiger partial charge on any atom is -0.326 e. The standard InChI is InChI=1S/C8H16N2.ClH/c9-7-6-10-5-1-2-8(7)3-4-8;/h7,10H,1-6,9H2;1H. The van der Waals surface area contributed by atoms with Crippen LogP contribution in [0.15, 0.2) is 0 Å². The zero-order valence-corrected chi connectivity index (χ0v) is 7.62. The van der Waals surface area contributed by atoms with Gasteiger partial charge in [-0.25, -0.2) is 0 Å². The molecule has 0 bridgehead atoms. The summed E-state index contributed by atoms with van der Waals surface area (Å²) >= 11 is 0. The number of nitrogens with one attached hydrogen (secondary N) is 1. The molecule has 1 spiro atoms. The van der Waals surface area contributed by atoms with Crippen molar-refractivity contribution in [2.24, 2.45) is 11.1 Å². The average molecular weight is 177 g/mol. The van der Waals surface area contributed by atoms with Crippen LogP contribution in [-0.4, -0.2) is 19.1 Å².